The van der Waals surface area contributed by atoms with E-state index in [0.29, 0.717) is 23.7 Å². The van der Waals surface area contributed by atoms with Crippen LogP contribution in [-0.4, -0.2) is 15.6 Å². The summed E-state index contributed by atoms with van der Waals surface area (Å²) >= 11 is 3.37. The molecule has 5 heteroatoms. The molecular weight excluding hydrogens is 330 g/mol. The van der Waals surface area contributed by atoms with E-state index in [2.05, 4.69) is 21.0 Å². The zero-order valence-electron chi connectivity index (χ0n) is 11.8. The quantitative estimate of drug-likeness (QED) is 0.676. The van der Waals surface area contributed by atoms with Gasteiger partial charge in [-0.25, -0.2) is 0 Å². The van der Waals surface area contributed by atoms with Crippen LogP contribution in [0.2, 0.25) is 0 Å². The van der Waals surface area contributed by atoms with Crippen molar-refractivity contribution in [3.63, 3.8) is 0 Å². The fourth-order valence-electron chi connectivity index (χ4n) is 2.87. The number of hydrogen-bond acceptors (Lipinski definition) is 3. The number of carbonyl (C=O) groups is 1. The van der Waals surface area contributed by atoms with Crippen LogP contribution in [0.5, 0.6) is 0 Å². The molecule has 2 aromatic rings. The number of ketones is 1. The first-order valence-corrected chi connectivity index (χ1v) is 8.05. The maximum Gasteiger partial charge on any atom is 0.170 e. The van der Waals surface area contributed by atoms with E-state index in [-0.39, 0.29) is 5.78 Å². The van der Waals surface area contributed by atoms with Gasteiger partial charge < -0.3 is 5.73 Å². The average molecular weight is 348 g/mol. The number of aromatic nitrogens is 2. The van der Waals surface area contributed by atoms with Crippen LogP contribution in [0.3, 0.4) is 0 Å². The lowest BCUT2D eigenvalue weighted by molar-refractivity contribution is 0.0992. The third-order valence-electron chi connectivity index (χ3n) is 4.02. The Kier molecular flexibility index (Phi) is 4.10. The van der Waals surface area contributed by atoms with Crippen molar-refractivity contribution in [1.29, 1.82) is 0 Å². The van der Waals surface area contributed by atoms with Gasteiger partial charge in [-0.15, -0.1) is 0 Å². The van der Waals surface area contributed by atoms with E-state index in [1.165, 1.54) is 25.7 Å². The summed E-state index contributed by atoms with van der Waals surface area (Å²) in [5.74, 6) is 0.00507. The maximum absolute atomic E-state index is 12.4. The number of nitrogens with two attached hydrogens (primary N) is 1. The summed E-state index contributed by atoms with van der Waals surface area (Å²) in [5.41, 5.74) is 7.76. The monoisotopic (exact) mass is 347 g/mol. The fraction of sp³-hybridized carbons (Fsp3) is 0.375. The first-order valence-electron chi connectivity index (χ1n) is 7.26. The number of Topliss-reactive ketones (excluding diaryl/α,β-unsaturated/α-hetero) is 1. The van der Waals surface area contributed by atoms with Crippen LogP contribution in [-0.2, 0) is 6.42 Å². The molecule has 0 unspecified atom stereocenters. The molecule has 1 aromatic carbocycles. The second kappa shape index (κ2) is 6.02. The number of anilines is 1. The number of nitrogens with zero attached hydrogens (tertiary/aromatic N) is 2. The van der Waals surface area contributed by atoms with Crippen molar-refractivity contribution in [2.24, 2.45) is 0 Å². The molecule has 1 fully saturated rings. The molecular formula is C16H18BrN3O. The number of carbonyl (C=O) groups excluding carboxylic acids is 1. The number of hydrogen-bond donors (Lipinski definition) is 1. The highest BCUT2D eigenvalue weighted by Crippen LogP contribution is 2.29. The molecule has 1 aliphatic rings. The second-order valence-corrected chi connectivity index (χ2v) is 6.47. The second-order valence-electron chi connectivity index (χ2n) is 5.56. The molecule has 0 spiro atoms. The highest BCUT2D eigenvalue weighted by Gasteiger charge is 2.18. The van der Waals surface area contributed by atoms with Gasteiger partial charge in [0.15, 0.2) is 5.78 Å². The minimum absolute atomic E-state index is 0.00507. The Hall–Kier alpha value is -1.62. The molecule has 1 saturated carbocycles. The van der Waals surface area contributed by atoms with E-state index < -0.39 is 0 Å². The highest BCUT2D eigenvalue weighted by atomic mass is 79.9. The molecule has 0 atom stereocenters. The smallest absolute Gasteiger partial charge is 0.170 e. The molecule has 2 N–H and O–H groups in total. The van der Waals surface area contributed by atoms with Crippen LogP contribution in [0.15, 0.2) is 34.9 Å². The Morgan fingerprint density at radius 3 is 2.86 bits per heavy atom. The van der Waals surface area contributed by atoms with Crippen molar-refractivity contribution < 1.29 is 4.79 Å². The molecule has 3 rings (SSSR count). The van der Waals surface area contributed by atoms with Crippen molar-refractivity contribution in [2.45, 2.75) is 38.1 Å². The maximum atomic E-state index is 12.4. The largest absolute Gasteiger partial charge is 0.398 e. The SMILES string of the molecule is Nc1ccc(Br)cc1C(=O)Cc1ccn(C2CCCC2)n1. The van der Waals surface area contributed by atoms with Crippen LogP contribution >= 0.6 is 15.9 Å². The van der Waals surface area contributed by atoms with E-state index >= 15 is 0 Å². The van der Waals surface area contributed by atoms with E-state index in [1.54, 1.807) is 12.1 Å². The molecule has 110 valence electrons. The molecule has 4 nitrogen and oxygen atoms in total. The van der Waals surface area contributed by atoms with E-state index in [1.807, 2.05) is 23.0 Å². The Morgan fingerprint density at radius 2 is 2.10 bits per heavy atom. The van der Waals surface area contributed by atoms with E-state index in [4.69, 9.17) is 5.73 Å². The van der Waals surface area contributed by atoms with Crippen molar-refractivity contribution in [2.75, 3.05) is 5.73 Å². The molecule has 0 radical (unpaired) electrons. The standard InChI is InChI=1S/C16H18BrN3O/c17-11-5-6-15(18)14(9-11)16(21)10-12-7-8-20(19-12)13-3-1-2-4-13/h5-9,13H,1-4,10,18H2. The highest BCUT2D eigenvalue weighted by molar-refractivity contribution is 9.10. The predicted octanol–water partition coefficient (Wildman–Crippen LogP) is 3.77. The summed E-state index contributed by atoms with van der Waals surface area (Å²) in [6, 6.07) is 7.79. The Bertz CT molecular complexity index is 659. The summed E-state index contributed by atoms with van der Waals surface area (Å²) in [6.45, 7) is 0. The van der Waals surface area contributed by atoms with Crippen LogP contribution in [0, 0.1) is 0 Å². The van der Waals surface area contributed by atoms with E-state index in [9.17, 15) is 4.79 Å². The van der Waals surface area contributed by atoms with Crippen LogP contribution in [0.25, 0.3) is 0 Å². The number of benzene rings is 1. The summed E-state index contributed by atoms with van der Waals surface area (Å²) in [6.07, 6.45) is 7.20. The van der Waals surface area contributed by atoms with Gasteiger partial charge in [0, 0.05) is 21.9 Å². The normalized spacial score (nSPS) is 15.5. The lowest BCUT2D eigenvalue weighted by Gasteiger charge is -2.09. The summed E-state index contributed by atoms with van der Waals surface area (Å²) in [7, 11) is 0. The number of rotatable bonds is 4. The van der Waals surface area contributed by atoms with Crippen molar-refractivity contribution >= 4 is 27.4 Å². The Morgan fingerprint density at radius 1 is 1.33 bits per heavy atom. The van der Waals surface area contributed by atoms with Gasteiger partial charge in [-0.05, 0) is 37.1 Å². The van der Waals surface area contributed by atoms with Gasteiger partial charge in [-0.2, -0.15) is 5.10 Å². The van der Waals surface area contributed by atoms with Gasteiger partial charge in [0.05, 0.1) is 18.2 Å². The zero-order valence-corrected chi connectivity index (χ0v) is 13.3. The molecule has 1 aliphatic carbocycles. The van der Waals surface area contributed by atoms with Gasteiger partial charge in [0.1, 0.15) is 0 Å². The summed E-state index contributed by atoms with van der Waals surface area (Å²) in [5, 5.41) is 4.55. The molecule has 0 saturated heterocycles. The minimum Gasteiger partial charge on any atom is -0.398 e. The van der Waals surface area contributed by atoms with Crippen molar-refractivity contribution in [3.05, 3.63) is 46.2 Å². The van der Waals surface area contributed by atoms with Gasteiger partial charge in [-0.1, -0.05) is 28.8 Å². The van der Waals surface area contributed by atoms with Crippen LogP contribution in [0.4, 0.5) is 5.69 Å². The molecule has 21 heavy (non-hydrogen) atoms. The number of halogens is 1. The third-order valence-corrected chi connectivity index (χ3v) is 4.51. The van der Waals surface area contributed by atoms with Crippen LogP contribution < -0.4 is 5.73 Å². The first kappa shape index (κ1) is 14.3. The van der Waals surface area contributed by atoms with Crippen molar-refractivity contribution in [1.82, 2.24) is 9.78 Å². The topological polar surface area (TPSA) is 60.9 Å². The van der Waals surface area contributed by atoms with Gasteiger partial charge in [0.2, 0.25) is 0 Å². The first-order chi connectivity index (χ1) is 10.1. The predicted molar refractivity (Wildman–Crippen MR) is 86.3 cm³/mol. The molecule has 0 amide bonds. The van der Waals surface area contributed by atoms with Gasteiger partial charge in [0.25, 0.3) is 0 Å². The van der Waals surface area contributed by atoms with Crippen molar-refractivity contribution in [3.8, 4) is 0 Å². The zero-order chi connectivity index (χ0) is 14.8. The third kappa shape index (κ3) is 3.18. The summed E-state index contributed by atoms with van der Waals surface area (Å²) < 4.78 is 2.87. The minimum atomic E-state index is 0.00507. The van der Waals surface area contributed by atoms with Crippen LogP contribution in [0.1, 0.15) is 47.8 Å². The lowest BCUT2D eigenvalue weighted by Crippen LogP contribution is -2.09. The van der Waals surface area contributed by atoms with Gasteiger partial charge in [-0.3, -0.25) is 9.48 Å². The number of nitrogen functional groups attached to an aromatic ring is 1. The molecule has 0 aliphatic heterocycles. The van der Waals surface area contributed by atoms with Gasteiger partial charge >= 0.3 is 0 Å². The lowest BCUT2D eigenvalue weighted by atomic mass is 10.1. The average Bonchev–Trinajstić information content (AvgIpc) is 3.11. The Labute approximate surface area is 132 Å². The fourth-order valence-corrected chi connectivity index (χ4v) is 3.23. The molecule has 0 bridgehead atoms. The summed E-state index contributed by atoms with van der Waals surface area (Å²) in [4.78, 5) is 12.4. The van der Waals surface area contributed by atoms with E-state index in [0.717, 1.165) is 10.2 Å². The molecule has 1 aromatic heterocycles. The Balaban J connectivity index is 1.74. The molecule has 1 heterocycles.